The summed E-state index contributed by atoms with van der Waals surface area (Å²) in [7, 11) is 1.13. The molecule has 2 aromatic heterocycles. The van der Waals surface area contributed by atoms with Crippen LogP contribution in [0.1, 0.15) is 16.8 Å². The van der Waals surface area contributed by atoms with Crippen molar-refractivity contribution in [3.05, 3.63) is 114 Å². The number of nitrogens with zero attached hydrogens (tertiary/aromatic N) is 5. The number of phenolic OH excluding ortho intramolecular Hbond substituents is 1. The third kappa shape index (κ3) is 6.36. The summed E-state index contributed by atoms with van der Waals surface area (Å²) in [5, 5.41) is 9.92. The Kier molecular flexibility index (Phi) is 8.46. The van der Waals surface area contributed by atoms with Crippen LogP contribution in [0.3, 0.4) is 0 Å². The SMILES string of the molecule is COc1ccc(S(=O)(=O)N2Cc3cc(-c4ccnc(OC)c4)ccc3N(Cc3cncn3C)C[C@H]2Cc2ccc(O)cc2)cc1. The Hall–Kier alpha value is -4.87. The number of imidazole rings is 1. The zero-order valence-electron chi connectivity index (χ0n) is 25.4. The molecule has 10 nitrogen and oxygen atoms in total. The van der Waals surface area contributed by atoms with E-state index in [9.17, 15) is 13.5 Å². The van der Waals surface area contributed by atoms with Crippen molar-refractivity contribution in [2.75, 3.05) is 25.7 Å². The van der Waals surface area contributed by atoms with E-state index < -0.39 is 16.1 Å². The smallest absolute Gasteiger partial charge is 0.243 e. The summed E-state index contributed by atoms with van der Waals surface area (Å²) < 4.78 is 43.3. The molecule has 0 fully saturated rings. The van der Waals surface area contributed by atoms with Gasteiger partial charge in [-0.15, -0.1) is 0 Å². The molecule has 0 saturated carbocycles. The van der Waals surface area contributed by atoms with Crippen molar-refractivity contribution >= 4 is 15.7 Å². The molecule has 0 aliphatic carbocycles. The summed E-state index contributed by atoms with van der Waals surface area (Å²) in [5.74, 6) is 1.24. The minimum atomic E-state index is -3.96. The lowest BCUT2D eigenvalue weighted by Crippen LogP contribution is -2.45. The highest BCUT2D eigenvalue weighted by Gasteiger charge is 2.37. The average molecular weight is 626 g/mol. The van der Waals surface area contributed by atoms with Crippen LogP contribution in [0, 0.1) is 0 Å². The Balaban J connectivity index is 1.49. The Bertz CT molecular complexity index is 1890. The molecule has 11 heteroatoms. The summed E-state index contributed by atoms with van der Waals surface area (Å²) in [6.45, 7) is 1.12. The number of sulfonamides is 1. The van der Waals surface area contributed by atoms with Crippen LogP contribution in [0.25, 0.3) is 11.1 Å². The molecule has 3 aromatic carbocycles. The standard InChI is InChI=1S/C34H35N5O5S/c1-37-23-35-19-29(37)22-38-21-28(16-24-4-7-30(40)8-5-24)39(45(41,42)32-11-9-31(43-2)10-12-32)20-27-17-25(6-13-33(27)38)26-14-15-36-34(18-26)44-3/h4-15,17-19,23,28,40H,16,20-22H2,1-3H3/t28-/m1/s1. The highest BCUT2D eigenvalue weighted by molar-refractivity contribution is 7.89. The third-order valence-electron chi connectivity index (χ3n) is 8.21. The molecule has 1 aliphatic heterocycles. The van der Waals surface area contributed by atoms with E-state index in [1.54, 1.807) is 67.4 Å². The number of phenols is 1. The van der Waals surface area contributed by atoms with Crippen molar-refractivity contribution < 1.29 is 23.0 Å². The summed E-state index contributed by atoms with van der Waals surface area (Å²) in [6, 6.07) is 23.0. The predicted octanol–water partition coefficient (Wildman–Crippen LogP) is 5.03. The van der Waals surface area contributed by atoms with E-state index in [1.807, 2.05) is 48.1 Å². The molecule has 1 N–H and O–H groups in total. The van der Waals surface area contributed by atoms with Crippen LogP contribution in [-0.4, -0.2) is 59.2 Å². The van der Waals surface area contributed by atoms with Gasteiger partial charge in [-0.05, 0) is 83.3 Å². The fourth-order valence-electron chi connectivity index (χ4n) is 5.76. The highest BCUT2D eigenvalue weighted by Crippen LogP contribution is 2.36. The van der Waals surface area contributed by atoms with Gasteiger partial charge in [0.1, 0.15) is 11.5 Å². The van der Waals surface area contributed by atoms with Crippen LogP contribution in [0.5, 0.6) is 17.4 Å². The van der Waals surface area contributed by atoms with Gasteiger partial charge < -0.3 is 24.0 Å². The minimum absolute atomic E-state index is 0.157. The topological polar surface area (TPSA) is 110 Å². The maximum absolute atomic E-state index is 14.5. The minimum Gasteiger partial charge on any atom is -0.508 e. The van der Waals surface area contributed by atoms with Gasteiger partial charge >= 0.3 is 0 Å². The van der Waals surface area contributed by atoms with Crippen LogP contribution in [-0.2, 0) is 36.6 Å². The second-order valence-electron chi connectivity index (χ2n) is 11.1. The molecule has 0 bridgehead atoms. The second-order valence-corrected chi connectivity index (χ2v) is 12.9. The Morgan fingerprint density at radius 3 is 2.38 bits per heavy atom. The maximum atomic E-state index is 14.5. The van der Waals surface area contributed by atoms with E-state index in [-0.39, 0.29) is 17.2 Å². The highest BCUT2D eigenvalue weighted by atomic mass is 32.2. The van der Waals surface area contributed by atoms with E-state index in [0.29, 0.717) is 31.1 Å². The number of aryl methyl sites for hydroxylation is 1. The molecule has 3 heterocycles. The second kappa shape index (κ2) is 12.6. The first kappa shape index (κ1) is 30.2. The summed E-state index contributed by atoms with van der Waals surface area (Å²) in [4.78, 5) is 11.0. The first-order chi connectivity index (χ1) is 21.7. The molecule has 1 aliphatic rings. The monoisotopic (exact) mass is 625 g/mol. The van der Waals surface area contributed by atoms with Gasteiger partial charge in [-0.3, -0.25) is 0 Å². The van der Waals surface area contributed by atoms with Crippen LogP contribution in [0.15, 0.2) is 102 Å². The van der Waals surface area contributed by atoms with Crippen molar-refractivity contribution in [3.8, 4) is 28.5 Å². The zero-order chi connectivity index (χ0) is 31.6. The largest absolute Gasteiger partial charge is 0.508 e. The van der Waals surface area contributed by atoms with Gasteiger partial charge in [-0.2, -0.15) is 4.31 Å². The third-order valence-corrected chi connectivity index (χ3v) is 10.1. The fraction of sp³-hybridized carbons (Fsp3) is 0.235. The number of pyridine rings is 1. The van der Waals surface area contributed by atoms with Gasteiger partial charge in [0, 0.05) is 50.3 Å². The summed E-state index contributed by atoms with van der Waals surface area (Å²) >= 11 is 0. The van der Waals surface area contributed by atoms with E-state index in [4.69, 9.17) is 9.47 Å². The lowest BCUT2D eigenvalue weighted by Gasteiger charge is -2.32. The molecule has 232 valence electrons. The molecular formula is C34H35N5O5S. The Morgan fingerprint density at radius 1 is 0.933 bits per heavy atom. The lowest BCUT2D eigenvalue weighted by molar-refractivity contribution is 0.317. The van der Waals surface area contributed by atoms with Gasteiger partial charge in [0.2, 0.25) is 15.9 Å². The molecule has 0 amide bonds. The first-order valence-electron chi connectivity index (χ1n) is 14.5. The number of fused-ring (bicyclic) bond motifs is 1. The van der Waals surface area contributed by atoms with Gasteiger partial charge in [0.25, 0.3) is 0 Å². The van der Waals surface area contributed by atoms with Gasteiger partial charge in [0.05, 0.1) is 37.7 Å². The number of hydrogen-bond donors (Lipinski definition) is 1. The normalized spacial score (nSPS) is 15.4. The van der Waals surface area contributed by atoms with Gasteiger partial charge in [-0.1, -0.05) is 18.2 Å². The Labute approximate surface area is 263 Å². The number of aromatic nitrogens is 3. The van der Waals surface area contributed by atoms with Crippen molar-refractivity contribution in [1.82, 2.24) is 18.8 Å². The molecule has 0 spiro atoms. The zero-order valence-corrected chi connectivity index (χ0v) is 26.2. The number of anilines is 1. The van der Waals surface area contributed by atoms with Crippen molar-refractivity contribution in [1.29, 1.82) is 0 Å². The molecule has 0 unspecified atom stereocenters. The quantitative estimate of drug-likeness (QED) is 0.243. The van der Waals surface area contributed by atoms with Crippen LogP contribution < -0.4 is 14.4 Å². The fourth-order valence-corrected chi connectivity index (χ4v) is 7.35. The Morgan fingerprint density at radius 2 is 1.69 bits per heavy atom. The lowest BCUT2D eigenvalue weighted by atomic mass is 10.0. The molecule has 5 aromatic rings. The molecule has 1 atom stereocenters. The van der Waals surface area contributed by atoms with Crippen LogP contribution >= 0.6 is 0 Å². The average Bonchev–Trinajstić information content (AvgIpc) is 3.40. The molecule has 0 saturated heterocycles. The van der Waals surface area contributed by atoms with Crippen molar-refractivity contribution in [2.24, 2.45) is 7.05 Å². The molecular weight excluding hydrogens is 590 g/mol. The number of hydrogen-bond acceptors (Lipinski definition) is 8. The van der Waals surface area contributed by atoms with E-state index >= 15 is 0 Å². The number of rotatable bonds is 9. The number of methoxy groups -OCH3 is 2. The maximum Gasteiger partial charge on any atom is 0.243 e. The van der Waals surface area contributed by atoms with E-state index in [2.05, 4.69) is 27.0 Å². The number of aromatic hydroxyl groups is 1. The number of ether oxygens (including phenoxy) is 2. The first-order valence-corrected chi connectivity index (χ1v) is 16.0. The van der Waals surface area contributed by atoms with Crippen LogP contribution in [0.2, 0.25) is 0 Å². The van der Waals surface area contributed by atoms with E-state index in [0.717, 1.165) is 33.6 Å². The van der Waals surface area contributed by atoms with Crippen LogP contribution in [0.4, 0.5) is 5.69 Å². The summed E-state index contributed by atoms with van der Waals surface area (Å²) in [5.41, 5.74) is 5.58. The molecule has 0 radical (unpaired) electrons. The van der Waals surface area contributed by atoms with Gasteiger partial charge in [0.15, 0.2) is 0 Å². The van der Waals surface area contributed by atoms with E-state index in [1.165, 1.54) is 0 Å². The number of benzene rings is 3. The van der Waals surface area contributed by atoms with Crippen molar-refractivity contribution in [3.63, 3.8) is 0 Å². The predicted molar refractivity (Wildman–Crippen MR) is 172 cm³/mol. The van der Waals surface area contributed by atoms with Crippen molar-refractivity contribution in [2.45, 2.75) is 30.4 Å². The van der Waals surface area contributed by atoms with Gasteiger partial charge in [-0.25, -0.2) is 18.4 Å². The molecule has 6 rings (SSSR count). The molecule has 45 heavy (non-hydrogen) atoms. The summed E-state index contributed by atoms with van der Waals surface area (Å²) in [6.07, 6.45) is 5.74.